The topological polar surface area (TPSA) is 87.7 Å². The van der Waals surface area contributed by atoms with Crippen LogP contribution in [0.5, 0.6) is 5.75 Å². The first-order valence-electron chi connectivity index (χ1n) is 6.15. The van der Waals surface area contributed by atoms with Gasteiger partial charge in [-0.15, -0.1) is 0 Å². The molecule has 1 fully saturated rings. The van der Waals surface area contributed by atoms with Gasteiger partial charge in [0, 0.05) is 6.07 Å². The number of hydrogen-bond acceptors (Lipinski definition) is 3. The Bertz CT molecular complexity index is 531. The van der Waals surface area contributed by atoms with Crippen molar-refractivity contribution < 1.29 is 19.4 Å². The SMILES string of the molecule is COc1ccc(Cl)c(NC(=O)NC(C(=O)O)C2CC2)c1. The van der Waals surface area contributed by atoms with Gasteiger partial charge in [-0.3, -0.25) is 0 Å². The third-order valence-electron chi connectivity index (χ3n) is 3.07. The van der Waals surface area contributed by atoms with Crippen molar-refractivity contribution in [1.29, 1.82) is 0 Å². The number of amides is 2. The molecule has 0 bridgehead atoms. The maximum absolute atomic E-state index is 11.8. The van der Waals surface area contributed by atoms with Gasteiger partial charge >= 0.3 is 12.0 Å². The zero-order chi connectivity index (χ0) is 14.7. The molecule has 1 aliphatic carbocycles. The van der Waals surface area contributed by atoms with E-state index in [0.29, 0.717) is 16.5 Å². The van der Waals surface area contributed by atoms with Crippen molar-refractivity contribution >= 4 is 29.3 Å². The Morgan fingerprint density at radius 3 is 2.70 bits per heavy atom. The van der Waals surface area contributed by atoms with Crippen LogP contribution >= 0.6 is 11.6 Å². The van der Waals surface area contributed by atoms with Gasteiger partial charge in [-0.1, -0.05) is 11.6 Å². The molecular weight excluding hydrogens is 284 g/mol. The fourth-order valence-corrected chi connectivity index (χ4v) is 2.00. The normalized spacial score (nSPS) is 15.3. The standard InChI is InChI=1S/C13H15ClN2O4/c1-20-8-4-5-9(14)10(6-8)15-13(19)16-11(12(17)18)7-2-3-7/h4-7,11H,2-3H2,1H3,(H,17,18)(H2,15,16,19). The number of ether oxygens (including phenoxy) is 1. The van der Waals surface area contributed by atoms with Gasteiger partial charge in [0.25, 0.3) is 0 Å². The van der Waals surface area contributed by atoms with Crippen molar-refractivity contribution in [2.24, 2.45) is 5.92 Å². The highest BCUT2D eigenvalue weighted by molar-refractivity contribution is 6.33. The number of anilines is 1. The van der Waals surface area contributed by atoms with Crippen molar-refractivity contribution in [2.45, 2.75) is 18.9 Å². The second kappa shape index (κ2) is 6.00. The van der Waals surface area contributed by atoms with Crippen LogP contribution in [0.2, 0.25) is 5.02 Å². The largest absolute Gasteiger partial charge is 0.497 e. The highest BCUT2D eigenvalue weighted by atomic mass is 35.5. The van der Waals surface area contributed by atoms with E-state index in [-0.39, 0.29) is 5.92 Å². The Kier molecular flexibility index (Phi) is 4.34. The summed E-state index contributed by atoms with van der Waals surface area (Å²) < 4.78 is 5.03. The molecule has 1 aromatic rings. The number of rotatable bonds is 5. The number of carboxylic acids is 1. The molecule has 1 saturated carbocycles. The van der Waals surface area contributed by atoms with E-state index in [2.05, 4.69) is 10.6 Å². The lowest BCUT2D eigenvalue weighted by Gasteiger charge is -2.15. The van der Waals surface area contributed by atoms with Crippen LogP contribution in [0.25, 0.3) is 0 Å². The van der Waals surface area contributed by atoms with E-state index in [1.54, 1.807) is 18.2 Å². The quantitative estimate of drug-likeness (QED) is 0.778. The van der Waals surface area contributed by atoms with E-state index in [4.69, 9.17) is 21.4 Å². The zero-order valence-electron chi connectivity index (χ0n) is 10.9. The summed E-state index contributed by atoms with van der Waals surface area (Å²) in [6.07, 6.45) is 1.63. The van der Waals surface area contributed by atoms with Gasteiger partial charge < -0.3 is 20.5 Å². The molecule has 20 heavy (non-hydrogen) atoms. The van der Waals surface area contributed by atoms with Gasteiger partial charge in [0.1, 0.15) is 11.8 Å². The van der Waals surface area contributed by atoms with Gasteiger partial charge in [0.2, 0.25) is 0 Å². The number of carbonyl (C=O) groups is 2. The number of hydrogen-bond donors (Lipinski definition) is 3. The summed E-state index contributed by atoms with van der Waals surface area (Å²) in [5.41, 5.74) is 0.364. The molecule has 0 radical (unpaired) electrons. The number of nitrogens with one attached hydrogen (secondary N) is 2. The summed E-state index contributed by atoms with van der Waals surface area (Å²) in [6.45, 7) is 0. The highest BCUT2D eigenvalue weighted by Gasteiger charge is 2.37. The lowest BCUT2D eigenvalue weighted by molar-refractivity contribution is -0.139. The first kappa shape index (κ1) is 14.5. The molecule has 0 saturated heterocycles. The summed E-state index contributed by atoms with van der Waals surface area (Å²) >= 11 is 5.96. The van der Waals surface area contributed by atoms with E-state index in [9.17, 15) is 9.59 Å². The molecule has 108 valence electrons. The second-order valence-electron chi connectivity index (χ2n) is 4.60. The van der Waals surface area contributed by atoms with Crippen LogP contribution in [0.15, 0.2) is 18.2 Å². The van der Waals surface area contributed by atoms with Crippen LogP contribution in [0, 0.1) is 5.92 Å². The lowest BCUT2D eigenvalue weighted by Crippen LogP contribution is -2.44. The smallest absolute Gasteiger partial charge is 0.326 e. The molecule has 1 unspecified atom stereocenters. The van der Waals surface area contributed by atoms with E-state index >= 15 is 0 Å². The third-order valence-corrected chi connectivity index (χ3v) is 3.40. The predicted octanol–water partition coefficient (Wildman–Crippen LogP) is 2.33. The van der Waals surface area contributed by atoms with Crippen LogP contribution in [0.1, 0.15) is 12.8 Å². The number of methoxy groups -OCH3 is 1. The van der Waals surface area contributed by atoms with Crippen LogP contribution in [0.3, 0.4) is 0 Å². The molecule has 7 heteroatoms. The van der Waals surface area contributed by atoms with Gasteiger partial charge in [-0.25, -0.2) is 9.59 Å². The molecule has 0 spiro atoms. The van der Waals surface area contributed by atoms with E-state index in [0.717, 1.165) is 12.8 Å². The molecule has 1 atom stereocenters. The molecule has 2 rings (SSSR count). The second-order valence-corrected chi connectivity index (χ2v) is 5.00. The van der Waals surface area contributed by atoms with Crippen molar-refractivity contribution in [3.8, 4) is 5.75 Å². The minimum Gasteiger partial charge on any atom is -0.497 e. The third kappa shape index (κ3) is 3.54. The number of aliphatic carboxylic acids is 1. The van der Waals surface area contributed by atoms with Gasteiger partial charge in [-0.05, 0) is 30.9 Å². The molecular formula is C13H15ClN2O4. The molecule has 3 N–H and O–H groups in total. The number of carbonyl (C=O) groups excluding carboxylic acids is 1. The Hall–Kier alpha value is -1.95. The van der Waals surface area contributed by atoms with Gasteiger partial charge in [0.15, 0.2) is 0 Å². The fourth-order valence-electron chi connectivity index (χ4n) is 1.84. The number of urea groups is 1. The van der Waals surface area contributed by atoms with Crippen molar-refractivity contribution in [1.82, 2.24) is 5.32 Å². The number of halogens is 1. The molecule has 2 amide bonds. The maximum Gasteiger partial charge on any atom is 0.326 e. The minimum absolute atomic E-state index is 0.0130. The predicted molar refractivity (Wildman–Crippen MR) is 74.3 cm³/mol. The monoisotopic (exact) mass is 298 g/mol. The molecule has 0 aromatic heterocycles. The summed E-state index contributed by atoms with van der Waals surface area (Å²) in [5, 5.41) is 14.4. The Balaban J connectivity index is 2.02. The summed E-state index contributed by atoms with van der Waals surface area (Å²) in [6, 6.07) is 3.36. The fraction of sp³-hybridized carbons (Fsp3) is 0.385. The van der Waals surface area contributed by atoms with Crippen LogP contribution in [-0.2, 0) is 4.79 Å². The molecule has 1 aliphatic rings. The van der Waals surface area contributed by atoms with Gasteiger partial charge in [-0.2, -0.15) is 0 Å². The van der Waals surface area contributed by atoms with Crippen molar-refractivity contribution in [3.63, 3.8) is 0 Å². The highest BCUT2D eigenvalue weighted by Crippen LogP contribution is 2.33. The summed E-state index contributed by atoms with van der Waals surface area (Å²) in [4.78, 5) is 22.9. The molecule has 1 aromatic carbocycles. The molecule has 6 nitrogen and oxygen atoms in total. The maximum atomic E-state index is 11.8. The Morgan fingerprint density at radius 2 is 2.15 bits per heavy atom. The van der Waals surface area contributed by atoms with Crippen molar-refractivity contribution in [3.05, 3.63) is 23.2 Å². The van der Waals surface area contributed by atoms with E-state index < -0.39 is 18.0 Å². The lowest BCUT2D eigenvalue weighted by atomic mass is 10.2. The van der Waals surface area contributed by atoms with E-state index in [1.165, 1.54) is 7.11 Å². The average molecular weight is 299 g/mol. The van der Waals surface area contributed by atoms with Gasteiger partial charge in [0.05, 0.1) is 17.8 Å². The van der Waals surface area contributed by atoms with Crippen LogP contribution in [-0.4, -0.2) is 30.3 Å². The van der Waals surface area contributed by atoms with E-state index in [1.807, 2.05) is 0 Å². The molecule has 0 heterocycles. The first-order valence-corrected chi connectivity index (χ1v) is 6.53. The van der Waals surface area contributed by atoms with Crippen molar-refractivity contribution in [2.75, 3.05) is 12.4 Å². The number of benzene rings is 1. The summed E-state index contributed by atoms with van der Waals surface area (Å²) in [5.74, 6) is -0.472. The number of carboxylic acid groups (broad SMARTS) is 1. The zero-order valence-corrected chi connectivity index (χ0v) is 11.6. The molecule has 0 aliphatic heterocycles. The first-order chi connectivity index (χ1) is 9.51. The van der Waals surface area contributed by atoms with Crippen LogP contribution in [0.4, 0.5) is 10.5 Å². The average Bonchev–Trinajstić information content (AvgIpc) is 3.22. The Labute approximate surface area is 121 Å². The summed E-state index contributed by atoms with van der Waals surface area (Å²) in [7, 11) is 1.50. The van der Waals surface area contributed by atoms with Crippen LogP contribution < -0.4 is 15.4 Å². The Morgan fingerprint density at radius 1 is 1.45 bits per heavy atom. The minimum atomic E-state index is -1.03.